The van der Waals surface area contributed by atoms with Crippen molar-refractivity contribution in [2.45, 2.75) is 11.4 Å². The van der Waals surface area contributed by atoms with E-state index in [0.717, 1.165) is 10.0 Å². The Labute approximate surface area is 206 Å². The highest BCUT2D eigenvalue weighted by atomic mass is 79.9. The summed E-state index contributed by atoms with van der Waals surface area (Å²) in [5.74, 6) is 0.137. The van der Waals surface area contributed by atoms with E-state index >= 15 is 0 Å². The first-order valence-corrected chi connectivity index (χ1v) is 12.5. The van der Waals surface area contributed by atoms with Gasteiger partial charge in [-0.1, -0.05) is 46.3 Å². The molecule has 0 bridgehead atoms. The lowest BCUT2D eigenvalue weighted by molar-refractivity contribution is -0.121. The maximum atomic E-state index is 12.8. The van der Waals surface area contributed by atoms with Crippen molar-refractivity contribution in [3.8, 4) is 5.75 Å². The highest BCUT2D eigenvalue weighted by Crippen LogP contribution is 2.19. The summed E-state index contributed by atoms with van der Waals surface area (Å²) in [6.45, 7) is 0.0655. The number of ether oxygens (including phenoxy) is 1. The van der Waals surface area contributed by atoms with Crippen molar-refractivity contribution in [3.63, 3.8) is 0 Å². The van der Waals surface area contributed by atoms with Crippen LogP contribution in [0.5, 0.6) is 5.75 Å². The van der Waals surface area contributed by atoms with Crippen LogP contribution < -0.4 is 15.4 Å². The molecule has 3 aromatic carbocycles. The van der Waals surface area contributed by atoms with Crippen molar-refractivity contribution < 1.29 is 17.9 Å². The molecule has 0 fully saturated rings. The quantitative estimate of drug-likeness (QED) is 0.411. The molecule has 3 aromatic rings. The summed E-state index contributed by atoms with van der Waals surface area (Å²) in [4.78, 5) is 12.2. The summed E-state index contributed by atoms with van der Waals surface area (Å²) in [7, 11) is -2.12. The molecule has 2 N–H and O–H groups in total. The number of amides is 1. The maximum absolute atomic E-state index is 12.8. The van der Waals surface area contributed by atoms with Crippen LogP contribution in [0.2, 0.25) is 0 Å². The number of hydrogen-bond donors (Lipinski definition) is 2. The van der Waals surface area contributed by atoms with Gasteiger partial charge in [0.1, 0.15) is 5.75 Å². The summed E-state index contributed by atoms with van der Waals surface area (Å²) in [5.41, 5.74) is 1.44. The Bertz CT molecular complexity index is 1200. The number of sulfonamides is 1. The van der Waals surface area contributed by atoms with Crippen molar-refractivity contribution in [1.82, 2.24) is 9.62 Å². The second-order valence-electron chi connectivity index (χ2n) is 7.02. The summed E-state index contributed by atoms with van der Waals surface area (Å²) < 4.78 is 33.3. The number of benzene rings is 3. The second kappa shape index (κ2) is 11.4. The monoisotopic (exact) mass is 547 g/mol. The Morgan fingerprint density at radius 3 is 2.27 bits per heavy atom. The van der Waals surface area contributed by atoms with Gasteiger partial charge in [0, 0.05) is 23.8 Å². The van der Waals surface area contributed by atoms with E-state index in [2.05, 4.69) is 26.6 Å². The van der Waals surface area contributed by atoms with Crippen LogP contribution in [0.25, 0.3) is 0 Å². The molecule has 0 aliphatic rings. The molecule has 0 atom stereocenters. The van der Waals surface area contributed by atoms with Crippen LogP contribution in [-0.2, 0) is 21.4 Å². The van der Waals surface area contributed by atoms with Crippen LogP contribution in [0.1, 0.15) is 5.56 Å². The lowest BCUT2D eigenvalue weighted by atomic mass is 10.2. The number of thiocarbonyl (C=S) groups is 1. The predicted octanol–water partition coefficient (Wildman–Crippen LogP) is 4.16. The van der Waals surface area contributed by atoms with Crippen molar-refractivity contribution in [1.29, 1.82) is 0 Å². The van der Waals surface area contributed by atoms with Crippen LogP contribution in [0.4, 0.5) is 5.69 Å². The second-order valence-corrected chi connectivity index (χ2v) is 10.4. The van der Waals surface area contributed by atoms with Crippen LogP contribution >= 0.6 is 28.1 Å². The predicted molar refractivity (Wildman–Crippen MR) is 136 cm³/mol. The minimum atomic E-state index is -3.65. The average molecular weight is 548 g/mol. The molecule has 33 heavy (non-hydrogen) atoms. The number of nitrogens with one attached hydrogen (secondary N) is 2. The van der Waals surface area contributed by atoms with Gasteiger partial charge < -0.3 is 10.1 Å². The summed E-state index contributed by atoms with van der Waals surface area (Å²) in [6, 6.07) is 22.6. The van der Waals surface area contributed by atoms with Crippen molar-refractivity contribution >= 4 is 54.9 Å². The van der Waals surface area contributed by atoms with Crippen LogP contribution in [-0.4, -0.2) is 37.4 Å². The fourth-order valence-electron chi connectivity index (χ4n) is 2.82. The summed E-state index contributed by atoms with van der Waals surface area (Å²) >= 11 is 8.48. The molecular formula is C23H22BrN3O4S2. The number of halogens is 1. The minimum absolute atomic E-state index is 0.0798. The Morgan fingerprint density at radius 2 is 1.64 bits per heavy atom. The molecule has 1 amide bonds. The van der Waals surface area contributed by atoms with E-state index < -0.39 is 15.9 Å². The molecule has 0 saturated carbocycles. The lowest BCUT2D eigenvalue weighted by Gasteiger charge is -2.17. The lowest BCUT2D eigenvalue weighted by Crippen LogP contribution is -2.37. The first-order chi connectivity index (χ1) is 15.7. The highest BCUT2D eigenvalue weighted by Gasteiger charge is 2.20. The SMILES string of the molecule is CN(Cc1ccccc1)S(=O)(=O)c1ccc(NC(=S)NC(=O)COc2ccc(Br)cc2)cc1. The zero-order valence-corrected chi connectivity index (χ0v) is 20.9. The van der Waals surface area contributed by atoms with Crippen LogP contribution in [0.3, 0.4) is 0 Å². The number of anilines is 1. The third-order valence-corrected chi connectivity index (χ3v) is 7.06. The number of nitrogens with zero attached hydrogens (tertiary/aromatic N) is 1. The van der Waals surface area contributed by atoms with Crippen molar-refractivity contribution in [2.75, 3.05) is 19.0 Å². The van der Waals surface area contributed by atoms with E-state index in [9.17, 15) is 13.2 Å². The number of rotatable bonds is 8. The van der Waals surface area contributed by atoms with Crippen molar-refractivity contribution in [2.24, 2.45) is 0 Å². The number of carbonyl (C=O) groups excluding carboxylic acids is 1. The van der Waals surface area contributed by atoms with Crippen molar-refractivity contribution in [3.05, 3.63) is 88.9 Å². The first kappa shape index (κ1) is 24.8. The molecule has 7 nitrogen and oxygen atoms in total. The van der Waals surface area contributed by atoms with E-state index in [1.54, 1.807) is 24.3 Å². The average Bonchev–Trinajstić information content (AvgIpc) is 2.79. The third-order valence-electron chi connectivity index (χ3n) is 4.50. The molecule has 0 aromatic heterocycles. The van der Waals surface area contributed by atoms with Gasteiger partial charge in [0.2, 0.25) is 10.0 Å². The summed E-state index contributed by atoms with van der Waals surface area (Å²) in [6.07, 6.45) is 0. The normalized spacial score (nSPS) is 11.1. The van der Waals surface area contributed by atoms with E-state index in [-0.39, 0.29) is 23.2 Å². The summed E-state index contributed by atoms with van der Waals surface area (Å²) in [5, 5.41) is 5.46. The smallest absolute Gasteiger partial charge is 0.264 e. The van der Waals surface area contributed by atoms with Crippen LogP contribution in [0, 0.1) is 0 Å². The van der Waals surface area contributed by atoms with Gasteiger partial charge >= 0.3 is 0 Å². The fraction of sp³-hybridized carbons (Fsp3) is 0.130. The van der Waals surface area contributed by atoms with E-state index in [1.165, 1.54) is 23.5 Å². The standard InChI is InChI=1S/C23H22BrN3O4S2/c1-27(15-17-5-3-2-4-6-17)33(29,30)21-13-9-19(10-14-21)25-23(32)26-22(28)16-31-20-11-7-18(24)8-12-20/h2-14H,15-16H2,1H3,(H2,25,26,28,32). The Kier molecular flexibility index (Phi) is 8.56. The van der Waals surface area contributed by atoms with E-state index in [1.807, 2.05) is 42.5 Å². The molecule has 0 unspecified atom stereocenters. The van der Waals surface area contributed by atoms with Crippen LogP contribution in [0.15, 0.2) is 88.2 Å². The first-order valence-electron chi connectivity index (χ1n) is 9.83. The molecule has 0 spiro atoms. The van der Waals surface area contributed by atoms with Gasteiger partial charge in [0.15, 0.2) is 11.7 Å². The zero-order chi connectivity index (χ0) is 23.8. The Morgan fingerprint density at radius 1 is 1.00 bits per heavy atom. The third kappa shape index (κ3) is 7.36. The molecular weight excluding hydrogens is 526 g/mol. The number of hydrogen-bond acceptors (Lipinski definition) is 5. The van der Waals surface area contributed by atoms with Gasteiger partial charge in [-0.3, -0.25) is 10.1 Å². The van der Waals surface area contributed by atoms with Gasteiger partial charge in [0.05, 0.1) is 4.90 Å². The van der Waals surface area contributed by atoms with E-state index in [0.29, 0.717) is 11.4 Å². The van der Waals surface area contributed by atoms with Gasteiger partial charge in [-0.25, -0.2) is 8.42 Å². The van der Waals surface area contributed by atoms with E-state index in [4.69, 9.17) is 17.0 Å². The fourth-order valence-corrected chi connectivity index (χ4v) is 4.48. The highest BCUT2D eigenvalue weighted by molar-refractivity contribution is 9.10. The van der Waals surface area contributed by atoms with Gasteiger partial charge in [-0.2, -0.15) is 4.31 Å². The molecule has 0 radical (unpaired) electrons. The minimum Gasteiger partial charge on any atom is -0.484 e. The Balaban J connectivity index is 1.52. The molecule has 0 heterocycles. The molecule has 172 valence electrons. The van der Waals surface area contributed by atoms with Gasteiger partial charge in [0.25, 0.3) is 5.91 Å². The zero-order valence-electron chi connectivity index (χ0n) is 17.7. The topological polar surface area (TPSA) is 87.7 Å². The Hall–Kier alpha value is -2.79. The molecule has 0 aliphatic carbocycles. The molecule has 3 rings (SSSR count). The molecule has 10 heteroatoms. The molecule has 0 saturated heterocycles. The van der Waals surface area contributed by atoms with Gasteiger partial charge in [-0.05, 0) is 66.3 Å². The largest absolute Gasteiger partial charge is 0.484 e. The molecule has 0 aliphatic heterocycles. The number of carbonyl (C=O) groups is 1. The maximum Gasteiger partial charge on any atom is 0.264 e. The van der Waals surface area contributed by atoms with Gasteiger partial charge in [-0.15, -0.1) is 0 Å².